The maximum Gasteiger partial charge on any atom is 0.134 e. The van der Waals surface area contributed by atoms with Gasteiger partial charge in [-0.3, -0.25) is 0 Å². The molecule has 0 amide bonds. The van der Waals surface area contributed by atoms with Crippen molar-refractivity contribution in [1.82, 2.24) is 0 Å². The summed E-state index contributed by atoms with van der Waals surface area (Å²) in [6, 6.07) is 21.2. The zero-order valence-electron chi connectivity index (χ0n) is 13.8. The summed E-state index contributed by atoms with van der Waals surface area (Å²) < 4.78 is 6.20. The zero-order chi connectivity index (χ0) is 15.7. The summed E-state index contributed by atoms with van der Waals surface area (Å²) >= 11 is 0. The van der Waals surface area contributed by atoms with Crippen LogP contribution in [0.5, 0.6) is 0 Å². The van der Waals surface area contributed by atoms with Gasteiger partial charge in [-0.2, -0.15) is 0 Å². The van der Waals surface area contributed by atoms with E-state index in [2.05, 4.69) is 76.2 Å². The Bertz CT molecular complexity index is 713. The van der Waals surface area contributed by atoms with Gasteiger partial charge in [0, 0.05) is 11.3 Å². The van der Waals surface area contributed by atoms with Gasteiger partial charge in [-0.15, -0.1) is 0 Å². The van der Waals surface area contributed by atoms with E-state index in [1.165, 1.54) is 10.9 Å². The number of hydrogen-bond donors (Lipinski definition) is 0. The van der Waals surface area contributed by atoms with Crippen LogP contribution in [0.15, 0.2) is 65.1 Å². The smallest absolute Gasteiger partial charge is 0.134 e. The molecular formula is C21H24O. The Morgan fingerprint density at radius 3 is 2.14 bits per heavy atom. The molecule has 114 valence electrons. The normalized spacial score (nSPS) is 14.9. The number of furan rings is 1. The maximum atomic E-state index is 6.20. The SMILES string of the molecule is C[C@H]([C@H](c1ccccc1)c1cc2ccccc2o1)C(C)(C)C. The van der Waals surface area contributed by atoms with E-state index in [1.807, 2.05) is 12.1 Å². The molecule has 1 nitrogen and oxygen atoms in total. The van der Waals surface area contributed by atoms with Gasteiger partial charge in [-0.1, -0.05) is 76.2 Å². The van der Waals surface area contributed by atoms with E-state index in [4.69, 9.17) is 4.42 Å². The summed E-state index contributed by atoms with van der Waals surface area (Å²) in [4.78, 5) is 0. The molecule has 0 N–H and O–H groups in total. The van der Waals surface area contributed by atoms with Gasteiger partial charge in [0.05, 0.1) is 0 Å². The van der Waals surface area contributed by atoms with Crippen molar-refractivity contribution >= 4 is 11.0 Å². The highest BCUT2D eigenvalue weighted by Gasteiger charge is 2.32. The molecule has 0 radical (unpaired) electrons. The predicted octanol–water partition coefficient (Wildman–Crippen LogP) is 6.25. The van der Waals surface area contributed by atoms with Gasteiger partial charge >= 0.3 is 0 Å². The molecule has 22 heavy (non-hydrogen) atoms. The number of hydrogen-bond acceptors (Lipinski definition) is 1. The Hall–Kier alpha value is -2.02. The molecule has 0 saturated heterocycles. The fraction of sp³-hybridized carbons (Fsp3) is 0.333. The van der Waals surface area contributed by atoms with Crippen LogP contribution in [-0.2, 0) is 0 Å². The highest BCUT2D eigenvalue weighted by molar-refractivity contribution is 5.78. The first-order valence-corrected chi connectivity index (χ1v) is 8.00. The molecule has 2 aromatic carbocycles. The Morgan fingerprint density at radius 2 is 1.50 bits per heavy atom. The van der Waals surface area contributed by atoms with Crippen LogP contribution in [0.4, 0.5) is 0 Å². The van der Waals surface area contributed by atoms with E-state index in [1.54, 1.807) is 0 Å². The Labute approximate surface area is 133 Å². The van der Waals surface area contributed by atoms with Crippen LogP contribution in [0.3, 0.4) is 0 Å². The summed E-state index contributed by atoms with van der Waals surface area (Å²) in [5.74, 6) is 1.80. The van der Waals surface area contributed by atoms with E-state index in [0.717, 1.165) is 11.3 Å². The molecular weight excluding hydrogens is 268 g/mol. The van der Waals surface area contributed by atoms with Gasteiger partial charge in [0.2, 0.25) is 0 Å². The van der Waals surface area contributed by atoms with Gasteiger partial charge < -0.3 is 4.42 Å². The quantitative estimate of drug-likeness (QED) is 0.556. The molecule has 0 fully saturated rings. The largest absolute Gasteiger partial charge is 0.460 e. The molecule has 3 aromatic rings. The van der Waals surface area contributed by atoms with Crippen LogP contribution in [0.1, 0.15) is 44.9 Å². The van der Waals surface area contributed by atoms with Crippen LogP contribution in [0.25, 0.3) is 11.0 Å². The average Bonchev–Trinajstić information content (AvgIpc) is 2.91. The average molecular weight is 292 g/mol. The molecule has 2 atom stereocenters. The van der Waals surface area contributed by atoms with E-state index >= 15 is 0 Å². The van der Waals surface area contributed by atoms with Crippen molar-refractivity contribution in [3.63, 3.8) is 0 Å². The second kappa shape index (κ2) is 5.64. The number of fused-ring (bicyclic) bond motifs is 1. The lowest BCUT2D eigenvalue weighted by Gasteiger charge is -2.33. The Kier molecular flexibility index (Phi) is 3.82. The molecule has 0 unspecified atom stereocenters. The summed E-state index contributed by atoms with van der Waals surface area (Å²) in [6.45, 7) is 9.23. The highest BCUT2D eigenvalue weighted by Crippen LogP contribution is 2.43. The van der Waals surface area contributed by atoms with Gasteiger partial charge in [0.25, 0.3) is 0 Å². The van der Waals surface area contributed by atoms with Crippen molar-refractivity contribution in [2.24, 2.45) is 11.3 Å². The number of benzene rings is 2. The molecule has 0 aliphatic carbocycles. The Balaban J connectivity index is 2.12. The lowest BCUT2D eigenvalue weighted by molar-refractivity contribution is 0.224. The minimum atomic E-state index is 0.208. The van der Waals surface area contributed by atoms with Gasteiger partial charge in [0.15, 0.2) is 0 Å². The molecule has 0 saturated carbocycles. The van der Waals surface area contributed by atoms with Crippen LogP contribution >= 0.6 is 0 Å². The molecule has 0 aliphatic rings. The predicted molar refractivity (Wildman–Crippen MR) is 93.1 cm³/mol. The van der Waals surface area contributed by atoms with Crippen molar-refractivity contribution in [2.45, 2.75) is 33.6 Å². The summed E-state index contributed by atoms with van der Waals surface area (Å²) in [6.07, 6.45) is 0. The third kappa shape index (κ3) is 2.81. The standard InChI is InChI=1S/C21H24O/c1-15(21(2,3)4)20(16-10-6-5-7-11-16)19-14-17-12-8-9-13-18(17)22-19/h5-15,20H,1-4H3/t15-,20-/m1/s1. The molecule has 3 rings (SSSR count). The summed E-state index contributed by atoms with van der Waals surface area (Å²) in [7, 11) is 0. The van der Waals surface area contributed by atoms with E-state index in [-0.39, 0.29) is 11.3 Å². The van der Waals surface area contributed by atoms with Crippen molar-refractivity contribution in [3.8, 4) is 0 Å². The van der Waals surface area contributed by atoms with E-state index in [9.17, 15) is 0 Å². The van der Waals surface area contributed by atoms with E-state index in [0.29, 0.717) is 5.92 Å². The minimum Gasteiger partial charge on any atom is -0.460 e. The van der Waals surface area contributed by atoms with Crippen LogP contribution < -0.4 is 0 Å². The minimum absolute atomic E-state index is 0.208. The van der Waals surface area contributed by atoms with Crippen molar-refractivity contribution in [3.05, 3.63) is 72.0 Å². The van der Waals surface area contributed by atoms with Crippen LogP contribution in [0.2, 0.25) is 0 Å². The van der Waals surface area contributed by atoms with E-state index < -0.39 is 0 Å². The fourth-order valence-electron chi connectivity index (χ4n) is 3.02. The molecule has 1 heterocycles. The first-order chi connectivity index (χ1) is 10.5. The van der Waals surface area contributed by atoms with Gasteiger partial charge in [-0.05, 0) is 29.0 Å². The van der Waals surface area contributed by atoms with Crippen molar-refractivity contribution in [1.29, 1.82) is 0 Å². The second-order valence-electron chi connectivity index (χ2n) is 7.23. The lowest BCUT2D eigenvalue weighted by Crippen LogP contribution is -2.24. The van der Waals surface area contributed by atoms with Crippen LogP contribution in [0, 0.1) is 11.3 Å². The lowest BCUT2D eigenvalue weighted by atomic mass is 9.71. The third-order valence-electron chi connectivity index (χ3n) is 4.78. The van der Waals surface area contributed by atoms with Gasteiger partial charge in [-0.25, -0.2) is 0 Å². The van der Waals surface area contributed by atoms with Gasteiger partial charge in [0.1, 0.15) is 11.3 Å². The first kappa shape index (κ1) is 14.9. The van der Waals surface area contributed by atoms with Crippen LogP contribution in [-0.4, -0.2) is 0 Å². The molecule has 1 heteroatoms. The molecule has 0 spiro atoms. The topological polar surface area (TPSA) is 13.1 Å². The number of rotatable bonds is 3. The van der Waals surface area contributed by atoms with Crippen molar-refractivity contribution < 1.29 is 4.42 Å². The summed E-state index contributed by atoms with van der Waals surface area (Å²) in [5, 5.41) is 1.18. The summed E-state index contributed by atoms with van der Waals surface area (Å²) in [5.41, 5.74) is 2.50. The molecule has 0 aliphatic heterocycles. The number of para-hydroxylation sites is 1. The monoisotopic (exact) mass is 292 g/mol. The first-order valence-electron chi connectivity index (χ1n) is 8.00. The molecule has 0 bridgehead atoms. The van der Waals surface area contributed by atoms with Crippen molar-refractivity contribution in [2.75, 3.05) is 0 Å². The Morgan fingerprint density at radius 1 is 0.864 bits per heavy atom. The second-order valence-corrected chi connectivity index (χ2v) is 7.23. The zero-order valence-corrected chi connectivity index (χ0v) is 13.8. The fourth-order valence-corrected chi connectivity index (χ4v) is 3.02. The highest BCUT2D eigenvalue weighted by atomic mass is 16.3. The maximum absolute atomic E-state index is 6.20. The third-order valence-corrected chi connectivity index (χ3v) is 4.78. The molecule has 1 aromatic heterocycles.